The molecule has 0 amide bonds. The SMILES string of the molecule is CCOc1ccc(C(Cc2cccc(Cl)c2Cl)NC)cc1. The molecule has 0 saturated heterocycles. The van der Waals surface area contributed by atoms with E-state index in [0.29, 0.717) is 16.7 Å². The Bertz CT molecular complexity index is 584. The fraction of sp³-hybridized carbons (Fsp3) is 0.294. The minimum atomic E-state index is 0.177. The van der Waals surface area contributed by atoms with Crippen LogP contribution in [0.1, 0.15) is 24.1 Å². The maximum Gasteiger partial charge on any atom is 0.119 e. The van der Waals surface area contributed by atoms with Gasteiger partial charge in [0.05, 0.1) is 16.7 Å². The van der Waals surface area contributed by atoms with E-state index in [1.165, 1.54) is 5.56 Å². The molecule has 0 bridgehead atoms. The van der Waals surface area contributed by atoms with E-state index in [-0.39, 0.29) is 6.04 Å². The van der Waals surface area contributed by atoms with E-state index < -0.39 is 0 Å². The van der Waals surface area contributed by atoms with Crippen LogP contribution in [0, 0.1) is 0 Å². The fourth-order valence-electron chi connectivity index (χ4n) is 2.28. The van der Waals surface area contributed by atoms with Crippen molar-refractivity contribution in [1.82, 2.24) is 5.32 Å². The number of hydrogen-bond acceptors (Lipinski definition) is 2. The van der Waals surface area contributed by atoms with Gasteiger partial charge in [-0.2, -0.15) is 0 Å². The van der Waals surface area contributed by atoms with Crippen LogP contribution in [-0.2, 0) is 6.42 Å². The average molecular weight is 324 g/mol. The maximum absolute atomic E-state index is 6.27. The molecule has 0 aliphatic rings. The van der Waals surface area contributed by atoms with Crippen molar-refractivity contribution in [3.8, 4) is 5.75 Å². The molecule has 2 nitrogen and oxygen atoms in total. The van der Waals surface area contributed by atoms with Crippen molar-refractivity contribution >= 4 is 23.2 Å². The number of ether oxygens (including phenoxy) is 1. The molecule has 1 atom stereocenters. The summed E-state index contributed by atoms with van der Waals surface area (Å²) in [5.74, 6) is 0.886. The lowest BCUT2D eigenvalue weighted by Gasteiger charge is -2.18. The number of halogens is 2. The Kier molecular flexibility index (Phi) is 5.92. The molecule has 0 radical (unpaired) electrons. The summed E-state index contributed by atoms with van der Waals surface area (Å²) in [5, 5.41) is 4.55. The maximum atomic E-state index is 6.27. The normalized spacial score (nSPS) is 12.2. The zero-order valence-electron chi connectivity index (χ0n) is 12.2. The first-order valence-electron chi connectivity index (χ1n) is 6.98. The van der Waals surface area contributed by atoms with Crippen LogP contribution in [0.3, 0.4) is 0 Å². The van der Waals surface area contributed by atoms with Gasteiger partial charge in [0.25, 0.3) is 0 Å². The summed E-state index contributed by atoms with van der Waals surface area (Å²) < 4.78 is 5.47. The monoisotopic (exact) mass is 323 g/mol. The van der Waals surface area contributed by atoms with E-state index in [4.69, 9.17) is 27.9 Å². The first kappa shape index (κ1) is 16.2. The number of hydrogen-bond donors (Lipinski definition) is 1. The largest absolute Gasteiger partial charge is 0.494 e. The van der Waals surface area contributed by atoms with Gasteiger partial charge in [0, 0.05) is 6.04 Å². The van der Waals surface area contributed by atoms with Crippen LogP contribution in [0.15, 0.2) is 42.5 Å². The van der Waals surface area contributed by atoms with Crippen LogP contribution >= 0.6 is 23.2 Å². The molecular formula is C17H19Cl2NO. The quantitative estimate of drug-likeness (QED) is 0.816. The van der Waals surface area contributed by atoms with E-state index in [1.807, 2.05) is 38.2 Å². The molecule has 1 N–H and O–H groups in total. The summed E-state index contributed by atoms with van der Waals surface area (Å²) in [6, 6.07) is 14.0. The highest BCUT2D eigenvalue weighted by atomic mass is 35.5. The molecular weight excluding hydrogens is 305 g/mol. The molecule has 4 heteroatoms. The summed E-state index contributed by atoms with van der Waals surface area (Å²) in [4.78, 5) is 0. The van der Waals surface area contributed by atoms with Gasteiger partial charge in [-0.3, -0.25) is 0 Å². The second-order valence-electron chi connectivity index (χ2n) is 4.76. The Hall–Kier alpha value is -1.22. The third-order valence-corrected chi connectivity index (χ3v) is 4.26. The zero-order chi connectivity index (χ0) is 15.2. The number of benzene rings is 2. The highest BCUT2D eigenvalue weighted by Crippen LogP contribution is 2.29. The summed E-state index contributed by atoms with van der Waals surface area (Å²) in [7, 11) is 1.94. The van der Waals surface area contributed by atoms with Crippen LogP contribution in [0.25, 0.3) is 0 Å². The Labute approximate surface area is 136 Å². The van der Waals surface area contributed by atoms with Gasteiger partial charge in [-0.15, -0.1) is 0 Å². The van der Waals surface area contributed by atoms with Gasteiger partial charge in [-0.05, 0) is 49.7 Å². The molecule has 0 aliphatic heterocycles. The molecule has 112 valence electrons. The first-order valence-corrected chi connectivity index (χ1v) is 7.74. The van der Waals surface area contributed by atoms with Crippen molar-refractivity contribution in [1.29, 1.82) is 0 Å². The molecule has 0 aromatic heterocycles. The van der Waals surface area contributed by atoms with Crippen molar-refractivity contribution in [3.63, 3.8) is 0 Å². The lowest BCUT2D eigenvalue weighted by atomic mass is 9.99. The second kappa shape index (κ2) is 7.69. The number of rotatable bonds is 6. The molecule has 0 aliphatic carbocycles. The standard InChI is InChI=1S/C17H19Cl2NO/c1-3-21-14-9-7-12(8-10-14)16(20-2)11-13-5-4-6-15(18)17(13)19/h4-10,16,20H,3,11H2,1-2H3. The summed E-state index contributed by atoms with van der Waals surface area (Å²) in [6.45, 7) is 2.65. The van der Waals surface area contributed by atoms with Gasteiger partial charge in [-0.25, -0.2) is 0 Å². The molecule has 0 spiro atoms. The molecule has 2 aromatic rings. The van der Waals surface area contributed by atoms with Gasteiger partial charge < -0.3 is 10.1 Å². The molecule has 21 heavy (non-hydrogen) atoms. The fourth-order valence-corrected chi connectivity index (χ4v) is 2.67. The number of nitrogens with one attached hydrogen (secondary N) is 1. The summed E-state index contributed by atoms with van der Waals surface area (Å²) >= 11 is 12.3. The highest BCUT2D eigenvalue weighted by Gasteiger charge is 2.13. The van der Waals surface area contributed by atoms with Crippen LogP contribution < -0.4 is 10.1 Å². The molecule has 2 aromatic carbocycles. The molecule has 0 saturated carbocycles. The van der Waals surface area contributed by atoms with Gasteiger partial charge in [0.15, 0.2) is 0 Å². The van der Waals surface area contributed by atoms with E-state index in [1.54, 1.807) is 6.07 Å². The van der Waals surface area contributed by atoms with Crippen molar-refractivity contribution in [3.05, 3.63) is 63.6 Å². The molecule has 0 heterocycles. The van der Waals surface area contributed by atoms with Gasteiger partial charge in [0.2, 0.25) is 0 Å². The third kappa shape index (κ3) is 4.13. The topological polar surface area (TPSA) is 21.3 Å². The minimum absolute atomic E-state index is 0.177. The van der Waals surface area contributed by atoms with Crippen molar-refractivity contribution in [2.75, 3.05) is 13.7 Å². The van der Waals surface area contributed by atoms with Gasteiger partial charge in [-0.1, -0.05) is 47.5 Å². The third-order valence-electron chi connectivity index (χ3n) is 3.40. The molecule has 2 rings (SSSR count). The number of likely N-dealkylation sites (N-methyl/N-ethyl adjacent to an activating group) is 1. The summed E-state index contributed by atoms with van der Waals surface area (Å²) in [5.41, 5.74) is 2.23. The van der Waals surface area contributed by atoms with Crippen LogP contribution in [0.5, 0.6) is 5.75 Å². The van der Waals surface area contributed by atoms with E-state index in [0.717, 1.165) is 17.7 Å². The van der Waals surface area contributed by atoms with Gasteiger partial charge in [0.1, 0.15) is 5.75 Å². The van der Waals surface area contributed by atoms with Crippen LogP contribution in [0.4, 0.5) is 0 Å². The zero-order valence-corrected chi connectivity index (χ0v) is 13.7. The Morgan fingerprint density at radius 2 is 1.81 bits per heavy atom. The Morgan fingerprint density at radius 1 is 1.10 bits per heavy atom. The van der Waals surface area contributed by atoms with Crippen LogP contribution in [-0.4, -0.2) is 13.7 Å². The summed E-state index contributed by atoms with van der Waals surface area (Å²) in [6.07, 6.45) is 0.782. The molecule has 1 unspecified atom stereocenters. The van der Waals surface area contributed by atoms with Crippen molar-refractivity contribution in [2.24, 2.45) is 0 Å². The van der Waals surface area contributed by atoms with Crippen molar-refractivity contribution < 1.29 is 4.74 Å². The lowest BCUT2D eigenvalue weighted by molar-refractivity contribution is 0.340. The van der Waals surface area contributed by atoms with Crippen LogP contribution in [0.2, 0.25) is 10.0 Å². The van der Waals surface area contributed by atoms with Crippen molar-refractivity contribution in [2.45, 2.75) is 19.4 Å². The predicted octanol–water partition coefficient (Wildman–Crippen LogP) is 4.90. The lowest BCUT2D eigenvalue weighted by Crippen LogP contribution is -2.19. The van der Waals surface area contributed by atoms with Gasteiger partial charge >= 0.3 is 0 Å². The Balaban J connectivity index is 2.17. The molecule has 0 fully saturated rings. The average Bonchev–Trinajstić information content (AvgIpc) is 2.50. The highest BCUT2D eigenvalue weighted by molar-refractivity contribution is 6.42. The first-order chi connectivity index (χ1) is 10.2. The Morgan fingerprint density at radius 3 is 2.43 bits per heavy atom. The smallest absolute Gasteiger partial charge is 0.119 e. The minimum Gasteiger partial charge on any atom is -0.494 e. The predicted molar refractivity (Wildman–Crippen MR) is 89.6 cm³/mol. The van der Waals surface area contributed by atoms with E-state index in [2.05, 4.69) is 17.4 Å². The van der Waals surface area contributed by atoms with E-state index in [9.17, 15) is 0 Å². The van der Waals surface area contributed by atoms with E-state index >= 15 is 0 Å². The second-order valence-corrected chi connectivity index (χ2v) is 5.55.